The molecule has 2 saturated heterocycles. The third-order valence-corrected chi connectivity index (χ3v) is 5.18. The number of benzene rings is 1. The molecule has 2 heterocycles. The molecule has 1 aromatic carbocycles. The predicted molar refractivity (Wildman–Crippen MR) is 101 cm³/mol. The Kier molecular flexibility index (Phi) is 6.65. The number of ketones is 1. The minimum atomic E-state index is 0.0502. The number of nitrogens with zero attached hydrogens (tertiary/aromatic N) is 2. The third-order valence-electron chi connectivity index (χ3n) is 5.18. The normalized spacial score (nSPS) is 19.0. The fourth-order valence-electron chi connectivity index (χ4n) is 3.66. The molecule has 0 aromatic heterocycles. The SMILES string of the molecule is C=C(CN1CCCCC1)C(=O)c1ccc(OCCN2CCCC2)cc1. The molecule has 0 aliphatic carbocycles. The highest BCUT2D eigenvalue weighted by Gasteiger charge is 2.16. The number of ether oxygens (including phenoxy) is 1. The standard InChI is InChI=1S/C21H30N2O2/c1-18(17-23-13-3-2-4-14-23)21(24)19-7-9-20(10-8-19)25-16-15-22-11-5-6-12-22/h7-10H,1-6,11-17H2. The molecule has 25 heavy (non-hydrogen) atoms. The number of Topliss-reactive ketones (excluding diaryl/α,β-unsaturated/α-hetero) is 1. The second-order valence-corrected chi connectivity index (χ2v) is 7.19. The average Bonchev–Trinajstić information content (AvgIpc) is 3.16. The van der Waals surface area contributed by atoms with Crippen LogP contribution in [0.2, 0.25) is 0 Å². The number of rotatable bonds is 8. The van der Waals surface area contributed by atoms with E-state index in [0.29, 0.717) is 24.3 Å². The monoisotopic (exact) mass is 342 g/mol. The van der Waals surface area contributed by atoms with Crippen molar-refractivity contribution in [2.75, 3.05) is 45.9 Å². The molecule has 0 spiro atoms. The van der Waals surface area contributed by atoms with E-state index in [1.807, 2.05) is 24.3 Å². The van der Waals surface area contributed by atoms with Crippen LogP contribution in [0.15, 0.2) is 36.4 Å². The van der Waals surface area contributed by atoms with Crippen LogP contribution in [-0.2, 0) is 0 Å². The quantitative estimate of drug-likeness (QED) is 0.535. The molecule has 0 amide bonds. The molecule has 0 N–H and O–H groups in total. The van der Waals surface area contributed by atoms with Crippen molar-refractivity contribution in [3.8, 4) is 5.75 Å². The molecular formula is C21H30N2O2. The van der Waals surface area contributed by atoms with Crippen LogP contribution in [-0.4, -0.2) is 61.5 Å². The van der Waals surface area contributed by atoms with E-state index in [1.165, 1.54) is 45.2 Å². The van der Waals surface area contributed by atoms with Crippen LogP contribution in [0.4, 0.5) is 0 Å². The van der Waals surface area contributed by atoms with Gasteiger partial charge in [0.25, 0.3) is 0 Å². The fraction of sp³-hybridized carbons (Fsp3) is 0.571. The smallest absolute Gasteiger partial charge is 0.189 e. The molecule has 4 heteroatoms. The maximum Gasteiger partial charge on any atom is 0.189 e. The Bertz CT molecular complexity index is 570. The summed E-state index contributed by atoms with van der Waals surface area (Å²) < 4.78 is 5.80. The van der Waals surface area contributed by atoms with Gasteiger partial charge in [0.2, 0.25) is 0 Å². The van der Waals surface area contributed by atoms with Gasteiger partial charge >= 0.3 is 0 Å². The van der Waals surface area contributed by atoms with Crippen molar-refractivity contribution in [3.05, 3.63) is 42.0 Å². The first-order valence-electron chi connectivity index (χ1n) is 9.62. The van der Waals surface area contributed by atoms with Gasteiger partial charge in [-0.3, -0.25) is 14.6 Å². The lowest BCUT2D eigenvalue weighted by Crippen LogP contribution is -2.32. The molecule has 2 aliphatic rings. The zero-order valence-electron chi connectivity index (χ0n) is 15.2. The van der Waals surface area contributed by atoms with Gasteiger partial charge in [0, 0.05) is 24.2 Å². The lowest BCUT2D eigenvalue weighted by molar-refractivity contribution is 0.102. The van der Waals surface area contributed by atoms with E-state index in [4.69, 9.17) is 4.74 Å². The van der Waals surface area contributed by atoms with Crippen LogP contribution in [0, 0.1) is 0 Å². The number of piperidine rings is 1. The number of hydrogen-bond acceptors (Lipinski definition) is 4. The van der Waals surface area contributed by atoms with Crippen molar-refractivity contribution in [2.24, 2.45) is 0 Å². The molecule has 4 nitrogen and oxygen atoms in total. The maximum atomic E-state index is 12.5. The molecule has 0 radical (unpaired) electrons. The van der Waals surface area contributed by atoms with E-state index in [2.05, 4.69) is 16.4 Å². The van der Waals surface area contributed by atoms with Gasteiger partial charge in [-0.1, -0.05) is 13.0 Å². The van der Waals surface area contributed by atoms with Gasteiger partial charge in [-0.25, -0.2) is 0 Å². The minimum absolute atomic E-state index is 0.0502. The molecular weight excluding hydrogens is 312 g/mol. The van der Waals surface area contributed by atoms with Crippen molar-refractivity contribution < 1.29 is 9.53 Å². The Morgan fingerprint density at radius 3 is 2.20 bits per heavy atom. The van der Waals surface area contributed by atoms with Crippen molar-refractivity contribution >= 4 is 5.78 Å². The zero-order chi connectivity index (χ0) is 17.5. The highest BCUT2D eigenvalue weighted by atomic mass is 16.5. The van der Waals surface area contributed by atoms with E-state index >= 15 is 0 Å². The molecule has 0 saturated carbocycles. The first-order valence-corrected chi connectivity index (χ1v) is 9.62. The Morgan fingerprint density at radius 1 is 0.920 bits per heavy atom. The number of hydrogen-bond donors (Lipinski definition) is 0. The van der Waals surface area contributed by atoms with Gasteiger partial charge in [-0.2, -0.15) is 0 Å². The second-order valence-electron chi connectivity index (χ2n) is 7.19. The molecule has 0 atom stereocenters. The summed E-state index contributed by atoms with van der Waals surface area (Å²) >= 11 is 0. The van der Waals surface area contributed by atoms with E-state index in [1.54, 1.807) is 0 Å². The van der Waals surface area contributed by atoms with Gasteiger partial charge in [0.1, 0.15) is 12.4 Å². The fourth-order valence-corrected chi connectivity index (χ4v) is 3.66. The van der Waals surface area contributed by atoms with Gasteiger partial charge in [-0.15, -0.1) is 0 Å². The number of likely N-dealkylation sites (tertiary alicyclic amines) is 2. The van der Waals surface area contributed by atoms with Crippen molar-refractivity contribution in [1.29, 1.82) is 0 Å². The lowest BCUT2D eigenvalue weighted by atomic mass is 10.0. The summed E-state index contributed by atoms with van der Waals surface area (Å²) in [6.07, 6.45) is 6.36. The van der Waals surface area contributed by atoms with Crippen LogP contribution in [0.25, 0.3) is 0 Å². The van der Waals surface area contributed by atoms with Gasteiger partial charge < -0.3 is 4.74 Å². The Morgan fingerprint density at radius 2 is 1.52 bits per heavy atom. The highest BCUT2D eigenvalue weighted by molar-refractivity contribution is 6.08. The molecule has 3 rings (SSSR count). The third kappa shape index (κ3) is 5.41. The lowest BCUT2D eigenvalue weighted by Gasteiger charge is -2.26. The van der Waals surface area contributed by atoms with Crippen molar-refractivity contribution in [1.82, 2.24) is 9.80 Å². The largest absolute Gasteiger partial charge is 0.492 e. The van der Waals surface area contributed by atoms with Crippen LogP contribution >= 0.6 is 0 Å². The summed E-state index contributed by atoms with van der Waals surface area (Å²) in [4.78, 5) is 17.3. The first kappa shape index (κ1) is 18.2. The van der Waals surface area contributed by atoms with Gasteiger partial charge in [-0.05, 0) is 76.1 Å². The van der Waals surface area contributed by atoms with Crippen LogP contribution < -0.4 is 4.74 Å². The first-order chi connectivity index (χ1) is 12.2. The summed E-state index contributed by atoms with van der Waals surface area (Å²) in [5, 5.41) is 0. The van der Waals surface area contributed by atoms with E-state index in [0.717, 1.165) is 25.4 Å². The maximum absolute atomic E-state index is 12.5. The molecule has 2 aliphatic heterocycles. The predicted octanol–water partition coefficient (Wildman–Crippen LogP) is 3.39. The van der Waals surface area contributed by atoms with E-state index in [-0.39, 0.29) is 5.78 Å². The highest BCUT2D eigenvalue weighted by Crippen LogP contribution is 2.17. The van der Waals surface area contributed by atoms with Crippen LogP contribution in [0.1, 0.15) is 42.5 Å². The van der Waals surface area contributed by atoms with Gasteiger partial charge in [0.05, 0.1) is 0 Å². The molecule has 1 aromatic rings. The summed E-state index contributed by atoms with van der Waals surface area (Å²) in [5.41, 5.74) is 1.39. The van der Waals surface area contributed by atoms with E-state index < -0.39 is 0 Å². The Labute approximate surface area is 151 Å². The average molecular weight is 342 g/mol. The molecule has 2 fully saturated rings. The Balaban J connectivity index is 1.45. The topological polar surface area (TPSA) is 32.8 Å². The van der Waals surface area contributed by atoms with Crippen LogP contribution in [0.3, 0.4) is 0 Å². The van der Waals surface area contributed by atoms with Crippen molar-refractivity contribution in [2.45, 2.75) is 32.1 Å². The molecule has 0 unspecified atom stereocenters. The minimum Gasteiger partial charge on any atom is -0.492 e. The van der Waals surface area contributed by atoms with Crippen molar-refractivity contribution in [3.63, 3.8) is 0 Å². The zero-order valence-corrected chi connectivity index (χ0v) is 15.2. The summed E-state index contributed by atoms with van der Waals surface area (Å²) in [5.74, 6) is 0.881. The number of carbonyl (C=O) groups is 1. The van der Waals surface area contributed by atoms with E-state index in [9.17, 15) is 4.79 Å². The second kappa shape index (κ2) is 9.16. The van der Waals surface area contributed by atoms with Gasteiger partial charge in [0.15, 0.2) is 5.78 Å². The van der Waals surface area contributed by atoms with Crippen LogP contribution in [0.5, 0.6) is 5.75 Å². The Hall–Kier alpha value is -1.65. The summed E-state index contributed by atoms with van der Waals surface area (Å²) in [6.45, 7) is 10.9. The summed E-state index contributed by atoms with van der Waals surface area (Å²) in [6, 6.07) is 7.50. The summed E-state index contributed by atoms with van der Waals surface area (Å²) in [7, 11) is 0. The molecule has 136 valence electrons. The number of carbonyl (C=O) groups excluding carboxylic acids is 1. The molecule has 0 bridgehead atoms.